The Bertz CT molecular complexity index is 1490. The number of esters is 1. The summed E-state index contributed by atoms with van der Waals surface area (Å²) in [6, 6.07) is 27.4. The van der Waals surface area contributed by atoms with Gasteiger partial charge < -0.3 is 19.4 Å². The van der Waals surface area contributed by atoms with Crippen LogP contribution in [0.5, 0.6) is 0 Å². The number of piperidine rings is 1. The van der Waals surface area contributed by atoms with Gasteiger partial charge >= 0.3 is 17.8 Å². The molecule has 1 aliphatic heterocycles. The second-order valence-corrected chi connectivity index (χ2v) is 10.8. The molecule has 0 spiro atoms. The number of benzene rings is 3. The molecule has 1 saturated heterocycles. The van der Waals surface area contributed by atoms with E-state index >= 15 is 0 Å². The van der Waals surface area contributed by atoms with E-state index in [9.17, 15) is 14.4 Å². The summed E-state index contributed by atoms with van der Waals surface area (Å²) in [5, 5.41) is 0. The first-order valence-corrected chi connectivity index (χ1v) is 14.5. The van der Waals surface area contributed by atoms with E-state index in [0.717, 1.165) is 5.52 Å². The van der Waals surface area contributed by atoms with E-state index in [4.69, 9.17) is 9.47 Å². The van der Waals surface area contributed by atoms with Gasteiger partial charge in [-0.25, -0.2) is 9.59 Å². The van der Waals surface area contributed by atoms with Gasteiger partial charge in [-0.05, 0) is 43.5 Å². The van der Waals surface area contributed by atoms with Crippen molar-refractivity contribution in [2.75, 3.05) is 26.3 Å². The zero-order valence-corrected chi connectivity index (χ0v) is 24.1. The summed E-state index contributed by atoms with van der Waals surface area (Å²) in [5.41, 5.74) is 3.51. The number of fused-ring (bicyclic) bond motifs is 1. The molecule has 1 aliphatic rings. The molecule has 9 nitrogen and oxygen atoms in total. The molecule has 1 N–H and O–H groups in total. The zero-order valence-electron chi connectivity index (χ0n) is 24.1. The third-order valence-corrected chi connectivity index (χ3v) is 7.91. The largest absolute Gasteiger partial charge is 0.466 e. The predicted molar refractivity (Wildman–Crippen MR) is 161 cm³/mol. The second kappa shape index (κ2) is 13.5. The number of nitrogens with one attached hydrogen (secondary N) is 1. The topological polar surface area (TPSA) is 96.9 Å². The molecule has 0 saturated carbocycles. The molecule has 5 rings (SSSR count). The van der Waals surface area contributed by atoms with Gasteiger partial charge in [0.05, 0.1) is 29.6 Å². The molecule has 4 aromatic rings. The van der Waals surface area contributed by atoms with E-state index in [0.29, 0.717) is 31.6 Å². The first-order valence-electron chi connectivity index (χ1n) is 14.5. The van der Waals surface area contributed by atoms with E-state index in [1.54, 1.807) is 16.4 Å². The first-order chi connectivity index (χ1) is 20.4. The molecule has 2 heterocycles. The van der Waals surface area contributed by atoms with Crippen molar-refractivity contribution in [1.29, 1.82) is 0 Å². The fourth-order valence-electron chi connectivity index (χ4n) is 5.69. The van der Waals surface area contributed by atoms with Crippen molar-refractivity contribution in [3.8, 4) is 0 Å². The summed E-state index contributed by atoms with van der Waals surface area (Å²) in [6.07, 6.45) is -0.0513. The van der Waals surface area contributed by atoms with Crippen LogP contribution >= 0.6 is 0 Å². The van der Waals surface area contributed by atoms with Crippen molar-refractivity contribution in [2.45, 2.75) is 45.4 Å². The van der Waals surface area contributed by atoms with Crippen molar-refractivity contribution in [2.24, 2.45) is 5.92 Å². The maximum Gasteiger partial charge on any atom is 0.409 e. The minimum Gasteiger partial charge on any atom is -0.466 e. The number of carbonyl (C=O) groups excluding carboxylic acids is 2. The van der Waals surface area contributed by atoms with E-state index < -0.39 is 24.0 Å². The molecule has 1 amide bonds. The Kier molecular flexibility index (Phi) is 9.38. The lowest BCUT2D eigenvalue weighted by Gasteiger charge is -2.37. The fourth-order valence-corrected chi connectivity index (χ4v) is 5.69. The van der Waals surface area contributed by atoms with Crippen LogP contribution in [0.3, 0.4) is 0 Å². The predicted octanol–water partition coefficient (Wildman–Crippen LogP) is 4.98. The lowest BCUT2D eigenvalue weighted by molar-refractivity contribution is -0.151. The number of aromatic amines is 1. The van der Waals surface area contributed by atoms with Crippen LogP contribution in [0.25, 0.3) is 11.0 Å². The Morgan fingerprint density at radius 3 is 2.19 bits per heavy atom. The average molecular weight is 571 g/mol. The normalized spacial score (nSPS) is 17.7. The molecule has 0 bridgehead atoms. The lowest BCUT2D eigenvalue weighted by Crippen LogP contribution is -2.49. The molecular weight excluding hydrogens is 532 g/mol. The van der Waals surface area contributed by atoms with Gasteiger partial charge in [0.25, 0.3) is 0 Å². The van der Waals surface area contributed by atoms with Crippen LogP contribution in [0.2, 0.25) is 0 Å². The number of hydrogen-bond donors (Lipinski definition) is 1. The zero-order chi connectivity index (χ0) is 29.5. The molecule has 1 aromatic heterocycles. The molecule has 0 radical (unpaired) electrons. The van der Waals surface area contributed by atoms with Gasteiger partial charge in [0, 0.05) is 32.2 Å². The number of H-pyrrole nitrogens is 1. The van der Waals surface area contributed by atoms with Gasteiger partial charge in [0.15, 0.2) is 0 Å². The highest BCUT2D eigenvalue weighted by molar-refractivity contribution is 5.78. The number of nitrogens with zero attached hydrogens (tertiary/aromatic N) is 3. The van der Waals surface area contributed by atoms with Crippen molar-refractivity contribution < 1.29 is 19.1 Å². The monoisotopic (exact) mass is 570 g/mol. The van der Waals surface area contributed by atoms with Gasteiger partial charge in [0.1, 0.15) is 6.61 Å². The van der Waals surface area contributed by atoms with Crippen molar-refractivity contribution in [3.63, 3.8) is 0 Å². The van der Waals surface area contributed by atoms with E-state index in [1.807, 2.05) is 60.7 Å². The van der Waals surface area contributed by atoms with Crippen molar-refractivity contribution in [1.82, 2.24) is 19.4 Å². The Morgan fingerprint density at radius 2 is 1.55 bits per heavy atom. The number of rotatable bonds is 10. The molecule has 42 heavy (non-hydrogen) atoms. The Labute approximate surface area is 245 Å². The second-order valence-electron chi connectivity index (χ2n) is 10.8. The number of carbonyl (C=O) groups is 2. The Hall–Kier alpha value is -4.37. The van der Waals surface area contributed by atoms with Gasteiger partial charge in [-0.15, -0.1) is 0 Å². The number of ether oxygens (including phenoxy) is 2. The Morgan fingerprint density at radius 1 is 0.929 bits per heavy atom. The molecule has 0 aliphatic carbocycles. The van der Waals surface area contributed by atoms with Crippen LogP contribution in [0.15, 0.2) is 89.7 Å². The van der Waals surface area contributed by atoms with Crippen LogP contribution in [-0.4, -0.2) is 63.8 Å². The number of aromatic nitrogens is 2. The standard InChI is InChI=1S/C33H38N4O5/c1-3-41-31(38)27-22-35(19-18-29(27)37-30-17-11-10-16-28(30)34-32(37)39)33(40)42-23-24(2)36(20-25-12-6-4-7-13-25)21-26-14-8-5-9-15-26/h4-17,24,27,29H,3,18-23H2,1-2H3,(H,34,39)/t24?,27?,29-/m0/s1. The molecule has 2 unspecified atom stereocenters. The van der Waals surface area contributed by atoms with E-state index in [-0.39, 0.29) is 31.5 Å². The highest BCUT2D eigenvalue weighted by atomic mass is 16.6. The number of imidazole rings is 1. The summed E-state index contributed by atoms with van der Waals surface area (Å²) in [7, 11) is 0. The van der Waals surface area contributed by atoms with Crippen LogP contribution < -0.4 is 5.69 Å². The SMILES string of the molecule is CCOC(=O)C1CN(C(=O)OCC(C)N(Cc2ccccc2)Cc2ccccc2)CC[C@@H]1n1c(=O)[nH]c2ccccc21. The maximum atomic E-state index is 13.3. The molecule has 3 aromatic carbocycles. The molecular formula is C33H38N4O5. The number of likely N-dealkylation sites (tertiary alicyclic amines) is 1. The molecule has 1 fully saturated rings. The lowest BCUT2D eigenvalue weighted by atomic mass is 9.91. The summed E-state index contributed by atoms with van der Waals surface area (Å²) >= 11 is 0. The first kappa shape index (κ1) is 29.1. The van der Waals surface area contributed by atoms with Crippen molar-refractivity contribution in [3.05, 3.63) is 107 Å². The van der Waals surface area contributed by atoms with Crippen LogP contribution in [0.1, 0.15) is 37.4 Å². The van der Waals surface area contributed by atoms with Crippen LogP contribution in [0.4, 0.5) is 4.79 Å². The van der Waals surface area contributed by atoms with Gasteiger partial charge in [-0.2, -0.15) is 0 Å². The quantitative estimate of drug-likeness (QED) is 0.270. The minimum atomic E-state index is -0.701. The Balaban J connectivity index is 1.27. The summed E-state index contributed by atoms with van der Waals surface area (Å²) in [5.74, 6) is -1.13. The number of amides is 1. The number of hydrogen-bond acceptors (Lipinski definition) is 6. The number of para-hydroxylation sites is 2. The highest BCUT2D eigenvalue weighted by Gasteiger charge is 2.40. The summed E-state index contributed by atoms with van der Waals surface area (Å²) < 4.78 is 12.8. The van der Waals surface area contributed by atoms with Gasteiger partial charge in [-0.3, -0.25) is 14.3 Å². The van der Waals surface area contributed by atoms with Gasteiger partial charge in [0.2, 0.25) is 0 Å². The molecule has 220 valence electrons. The summed E-state index contributed by atoms with van der Waals surface area (Å²) in [6.45, 7) is 6.11. The minimum absolute atomic E-state index is 0.0578. The average Bonchev–Trinajstić information content (AvgIpc) is 3.35. The fraction of sp³-hybridized carbons (Fsp3) is 0.364. The van der Waals surface area contributed by atoms with Gasteiger partial charge in [-0.1, -0.05) is 72.8 Å². The van der Waals surface area contributed by atoms with E-state index in [1.165, 1.54) is 11.1 Å². The molecule has 3 atom stereocenters. The third-order valence-electron chi connectivity index (χ3n) is 7.91. The van der Waals surface area contributed by atoms with Crippen molar-refractivity contribution >= 4 is 23.1 Å². The summed E-state index contributed by atoms with van der Waals surface area (Å²) in [4.78, 5) is 46.0. The maximum absolute atomic E-state index is 13.3. The van der Waals surface area contributed by atoms with E-state index in [2.05, 4.69) is 41.1 Å². The highest BCUT2D eigenvalue weighted by Crippen LogP contribution is 2.31. The smallest absolute Gasteiger partial charge is 0.409 e. The third kappa shape index (κ3) is 6.74. The molecule has 9 heteroatoms. The van der Waals surface area contributed by atoms with Crippen LogP contribution in [0, 0.1) is 5.92 Å². The van der Waals surface area contributed by atoms with Crippen LogP contribution in [-0.2, 0) is 27.4 Å².